The Labute approximate surface area is 105 Å². The average Bonchev–Trinajstić information content (AvgIpc) is 2.45. The van der Waals surface area contributed by atoms with E-state index in [1.54, 1.807) is 7.11 Å². The summed E-state index contributed by atoms with van der Waals surface area (Å²) in [6.45, 7) is 7.31. The average molecular weight is 245 g/mol. The van der Waals surface area contributed by atoms with Gasteiger partial charge in [0.1, 0.15) is 0 Å². The first-order chi connectivity index (χ1) is 8.14. The number of aliphatic hydroxyl groups is 1. The molecule has 17 heavy (non-hydrogen) atoms. The first-order valence-electron chi connectivity index (χ1n) is 6.65. The summed E-state index contributed by atoms with van der Waals surface area (Å²) in [5.74, 6) is 0. The maximum absolute atomic E-state index is 9.97. The Morgan fingerprint density at radius 1 is 1.18 bits per heavy atom. The van der Waals surface area contributed by atoms with Gasteiger partial charge in [0.25, 0.3) is 0 Å². The smallest absolute Gasteiger partial charge is 0.0632 e. The fourth-order valence-corrected chi connectivity index (χ4v) is 2.14. The van der Waals surface area contributed by atoms with Crippen LogP contribution in [-0.2, 0) is 9.47 Å². The molecular weight excluding hydrogens is 218 g/mol. The van der Waals surface area contributed by atoms with Crippen molar-refractivity contribution in [2.75, 3.05) is 46.6 Å². The number of ether oxygens (including phenoxy) is 2. The standard InChI is InChI=1S/C13H27NO3/c1-13(15)5-3-7-14(8-6-13)9-12-17-11-4-10-16-2/h15H,3-12H2,1-2H3. The quantitative estimate of drug-likeness (QED) is 0.686. The number of methoxy groups -OCH3 is 1. The molecule has 0 saturated carbocycles. The molecule has 0 bridgehead atoms. The highest BCUT2D eigenvalue weighted by Crippen LogP contribution is 2.20. The summed E-state index contributed by atoms with van der Waals surface area (Å²) in [5.41, 5.74) is -0.464. The van der Waals surface area contributed by atoms with Gasteiger partial charge in [0, 0.05) is 33.4 Å². The summed E-state index contributed by atoms with van der Waals surface area (Å²) in [6, 6.07) is 0. The van der Waals surface area contributed by atoms with Crippen LogP contribution in [0.2, 0.25) is 0 Å². The molecule has 0 aromatic rings. The monoisotopic (exact) mass is 245 g/mol. The van der Waals surface area contributed by atoms with Gasteiger partial charge in [-0.3, -0.25) is 0 Å². The zero-order chi connectivity index (χ0) is 12.6. The summed E-state index contributed by atoms with van der Waals surface area (Å²) in [4.78, 5) is 2.39. The number of hydrogen-bond donors (Lipinski definition) is 1. The van der Waals surface area contributed by atoms with Gasteiger partial charge in [-0.2, -0.15) is 0 Å². The third-order valence-corrected chi connectivity index (χ3v) is 3.35. The largest absolute Gasteiger partial charge is 0.390 e. The van der Waals surface area contributed by atoms with E-state index in [-0.39, 0.29) is 0 Å². The van der Waals surface area contributed by atoms with Crippen LogP contribution in [0.1, 0.15) is 32.6 Å². The van der Waals surface area contributed by atoms with E-state index in [0.29, 0.717) is 0 Å². The second-order valence-corrected chi connectivity index (χ2v) is 5.15. The predicted octanol–water partition coefficient (Wildman–Crippen LogP) is 1.28. The molecule has 4 heteroatoms. The molecule has 1 heterocycles. The van der Waals surface area contributed by atoms with Gasteiger partial charge in [0.2, 0.25) is 0 Å². The summed E-state index contributed by atoms with van der Waals surface area (Å²) in [5, 5.41) is 9.97. The van der Waals surface area contributed by atoms with Crippen LogP contribution in [-0.4, -0.2) is 62.2 Å². The molecule has 1 aliphatic rings. The molecule has 1 unspecified atom stereocenters. The molecule has 4 nitrogen and oxygen atoms in total. The van der Waals surface area contributed by atoms with Crippen LogP contribution < -0.4 is 0 Å². The van der Waals surface area contributed by atoms with Gasteiger partial charge in [0.05, 0.1) is 12.2 Å². The topological polar surface area (TPSA) is 41.9 Å². The molecule has 1 N–H and O–H groups in total. The second kappa shape index (κ2) is 8.03. The molecule has 1 fully saturated rings. The van der Waals surface area contributed by atoms with E-state index in [2.05, 4.69) is 4.90 Å². The third-order valence-electron chi connectivity index (χ3n) is 3.35. The number of likely N-dealkylation sites (tertiary alicyclic amines) is 1. The van der Waals surface area contributed by atoms with E-state index in [0.717, 1.165) is 65.1 Å². The lowest BCUT2D eigenvalue weighted by Crippen LogP contribution is -2.31. The summed E-state index contributed by atoms with van der Waals surface area (Å²) >= 11 is 0. The van der Waals surface area contributed by atoms with Crippen molar-refractivity contribution in [1.29, 1.82) is 0 Å². The van der Waals surface area contributed by atoms with Crippen LogP contribution in [0.3, 0.4) is 0 Å². The molecule has 1 saturated heterocycles. The van der Waals surface area contributed by atoms with Gasteiger partial charge >= 0.3 is 0 Å². The van der Waals surface area contributed by atoms with E-state index in [1.165, 1.54) is 0 Å². The molecular formula is C13H27NO3. The van der Waals surface area contributed by atoms with Crippen LogP contribution in [0.15, 0.2) is 0 Å². The molecule has 0 spiro atoms. The molecule has 1 aliphatic heterocycles. The zero-order valence-corrected chi connectivity index (χ0v) is 11.3. The van der Waals surface area contributed by atoms with Gasteiger partial charge < -0.3 is 19.5 Å². The normalized spacial score (nSPS) is 27.0. The van der Waals surface area contributed by atoms with E-state index in [4.69, 9.17) is 9.47 Å². The first kappa shape index (κ1) is 14.9. The van der Waals surface area contributed by atoms with Gasteiger partial charge in [-0.25, -0.2) is 0 Å². The highest BCUT2D eigenvalue weighted by molar-refractivity contribution is 4.78. The van der Waals surface area contributed by atoms with Crippen molar-refractivity contribution >= 4 is 0 Å². The predicted molar refractivity (Wildman–Crippen MR) is 68.2 cm³/mol. The number of hydrogen-bond acceptors (Lipinski definition) is 4. The van der Waals surface area contributed by atoms with Gasteiger partial charge in [-0.1, -0.05) is 0 Å². The van der Waals surface area contributed by atoms with Crippen LogP contribution >= 0.6 is 0 Å². The number of nitrogens with zero attached hydrogens (tertiary/aromatic N) is 1. The van der Waals surface area contributed by atoms with Gasteiger partial charge in [-0.15, -0.1) is 0 Å². The SMILES string of the molecule is COCCCOCCN1CCCC(C)(O)CC1. The highest BCUT2D eigenvalue weighted by Gasteiger charge is 2.24. The van der Waals surface area contributed by atoms with Crippen molar-refractivity contribution < 1.29 is 14.6 Å². The summed E-state index contributed by atoms with van der Waals surface area (Å²) in [7, 11) is 1.71. The van der Waals surface area contributed by atoms with E-state index >= 15 is 0 Å². The van der Waals surface area contributed by atoms with Crippen LogP contribution in [0, 0.1) is 0 Å². The Morgan fingerprint density at radius 2 is 2.00 bits per heavy atom. The van der Waals surface area contributed by atoms with Crippen molar-refractivity contribution in [2.24, 2.45) is 0 Å². The second-order valence-electron chi connectivity index (χ2n) is 5.15. The molecule has 0 amide bonds. The Balaban J connectivity index is 2.03. The fraction of sp³-hybridized carbons (Fsp3) is 1.00. The van der Waals surface area contributed by atoms with Crippen molar-refractivity contribution in [3.63, 3.8) is 0 Å². The molecule has 1 atom stereocenters. The lowest BCUT2D eigenvalue weighted by molar-refractivity contribution is 0.0422. The van der Waals surface area contributed by atoms with Crippen LogP contribution in [0.25, 0.3) is 0 Å². The van der Waals surface area contributed by atoms with Crippen molar-refractivity contribution in [3.8, 4) is 0 Å². The van der Waals surface area contributed by atoms with Crippen molar-refractivity contribution in [3.05, 3.63) is 0 Å². The Morgan fingerprint density at radius 3 is 2.76 bits per heavy atom. The minimum Gasteiger partial charge on any atom is -0.390 e. The minimum atomic E-state index is -0.464. The molecule has 0 aromatic heterocycles. The maximum atomic E-state index is 9.97. The first-order valence-corrected chi connectivity index (χ1v) is 6.65. The van der Waals surface area contributed by atoms with Gasteiger partial charge in [-0.05, 0) is 39.2 Å². The summed E-state index contributed by atoms with van der Waals surface area (Å²) in [6.07, 6.45) is 3.83. The van der Waals surface area contributed by atoms with E-state index < -0.39 is 5.60 Å². The van der Waals surface area contributed by atoms with Crippen LogP contribution in [0.4, 0.5) is 0 Å². The lowest BCUT2D eigenvalue weighted by Gasteiger charge is -2.22. The van der Waals surface area contributed by atoms with Crippen LogP contribution in [0.5, 0.6) is 0 Å². The molecule has 0 aliphatic carbocycles. The van der Waals surface area contributed by atoms with E-state index in [1.807, 2.05) is 6.92 Å². The maximum Gasteiger partial charge on any atom is 0.0632 e. The van der Waals surface area contributed by atoms with Gasteiger partial charge in [0.15, 0.2) is 0 Å². The fourth-order valence-electron chi connectivity index (χ4n) is 2.14. The Bertz CT molecular complexity index is 197. The van der Waals surface area contributed by atoms with Crippen molar-refractivity contribution in [2.45, 2.75) is 38.2 Å². The highest BCUT2D eigenvalue weighted by atomic mass is 16.5. The molecule has 0 radical (unpaired) electrons. The number of rotatable bonds is 7. The minimum absolute atomic E-state index is 0.464. The van der Waals surface area contributed by atoms with Crippen molar-refractivity contribution in [1.82, 2.24) is 4.90 Å². The third kappa shape index (κ3) is 6.99. The molecule has 0 aromatic carbocycles. The molecule has 102 valence electrons. The summed E-state index contributed by atoms with van der Waals surface area (Å²) < 4.78 is 10.5. The zero-order valence-electron chi connectivity index (χ0n) is 11.3. The lowest BCUT2D eigenvalue weighted by atomic mass is 9.98. The Hall–Kier alpha value is -0.160. The Kier molecular flexibility index (Phi) is 7.04. The molecule has 1 rings (SSSR count). The van der Waals surface area contributed by atoms with E-state index in [9.17, 15) is 5.11 Å².